The first-order valence-electron chi connectivity index (χ1n) is 8.97. The quantitative estimate of drug-likeness (QED) is 0.263. The summed E-state index contributed by atoms with van der Waals surface area (Å²) in [7, 11) is 1.70. The largest absolute Gasteiger partial charge is 0.477 e. The second kappa shape index (κ2) is 8.76. The van der Waals surface area contributed by atoms with Gasteiger partial charge in [0.05, 0.1) is 10.7 Å². The van der Waals surface area contributed by atoms with E-state index in [0.717, 1.165) is 0 Å². The van der Waals surface area contributed by atoms with Gasteiger partial charge in [0.2, 0.25) is 5.16 Å². The molecule has 0 bridgehead atoms. The lowest BCUT2D eigenvalue weighted by Gasteiger charge is -2.49. The smallest absolute Gasteiger partial charge is 0.352 e. The van der Waals surface area contributed by atoms with Crippen molar-refractivity contribution in [1.82, 2.24) is 40.6 Å². The number of fused-ring (bicyclic) bond motifs is 1. The van der Waals surface area contributed by atoms with E-state index in [1.165, 1.54) is 33.1 Å². The Hall–Kier alpha value is -2.78. The lowest BCUT2D eigenvalue weighted by molar-refractivity contribution is -0.148. The number of β-lactam (4-membered cyclic amide) rings is 1. The van der Waals surface area contributed by atoms with E-state index in [1.54, 1.807) is 19.2 Å². The molecule has 2 aromatic heterocycles. The van der Waals surface area contributed by atoms with Crippen molar-refractivity contribution < 1.29 is 14.7 Å². The Balaban J connectivity index is 1.43. The highest BCUT2D eigenvalue weighted by atomic mass is 32.2. The summed E-state index contributed by atoms with van der Waals surface area (Å²) in [5.41, 5.74) is 6.81. The summed E-state index contributed by atoms with van der Waals surface area (Å²) in [6, 6.07) is 2.74. The summed E-state index contributed by atoms with van der Waals surface area (Å²) in [5.74, 6) is -0.316. The summed E-state index contributed by atoms with van der Waals surface area (Å²) in [5, 5.41) is 31.9. The zero-order valence-corrected chi connectivity index (χ0v) is 18.6. The van der Waals surface area contributed by atoms with Crippen LogP contribution in [0.1, 0.15) is 5.69 Å². The number of tetrazole rings is 1. The maximum Gasteiger partial charge on any atom is 0.352 e. The molecule has 2 aliphatic rings. The number of hydrogen-bond donors (Lipinski definition) is 3. The van der Waals surface area contributed by atoms with Gasteiger partial charge in [0.25, 0.3) is 5.91 Å². The molecule has 15 heteroatoms. The molecule has 1 saturated heterocycles. The molecular weight excluding hydrogens is 462 g/mol. The second-order valence-electron chi connectivity index (χ2n) is 6.71. The summed E-state index contributed by atoms with van der Waals surface area (Å²) < 4.78 is 1.51. The molecule has 0 spiro atoms. The SMILES string of the molecule is Cn1nnnc1SCC1=C(C(=O)O)N2C(=O)C(NC(=S)Cc3ccc(N)nn3)[C@H]2SC1. The highest BCUT2D eigenvalue weighted by Crippen LogP contribution is 2.41. The number of anilines is 1. The van der Waals surface area contributed by atoms with Crippen molar-refractivity contribution in [1.29, 1.82) is 0 Å². The number of aromatic nitrogens is 6. The Bertz CT molecular complexity index is 1070. The average molecular weight is 480 g/mol. The normalized spacial score (nSPS) is 20.3. The van der Waals surface area contributed by atoms with Crippen LogP contribution in [0.4, 0.5) is 5.82 Å². The van der Waals surface area contributed by atoms with E-state index in [0.29, 0.717) is 45.2 Å². The fourth-order valence-electron chi connectivity index (χ4n) is 3.14. The number of nitrogen functional groups attached to an aromatic ring is 1. The minimum Gasteiger partial charge on any atom is -0.477 e. The molecule has 2 atom stereocenters. The summed E-state index contributed by atoms with van der Waals surface area (Å²) in [4.78, 5) is 26.5. The lowest BCUT2D eigenvalue weighted by atomic mass is 10.0. The topological polar surface area (TPSA) is 165 Å². The third-order valence-corrected chi connectivity index (χ3v) is 7.30. The molecule has 4 N–H and O–H groups in total. The first kappa shape index (κ1) is 21.5. The van der Waals surface area contributed by atoms with Gasteiger partial charge < -0.3 is 16.2 Å². The van der Waals surface area contributed by atoms with Crippen molar-refractivity contribution in [3.05, 3.63) is 29.1 Å². The molecule has 1 fully saturated rings. The van der Waals surface area contributed by atoms with Gasteiger partial charge in [-0.15, -0.1) is 22.0 Å². The first-order chi connectivity index (χ1) is 14.8. The molecule has 12 nitrogen and oxygen atoms in total. The van der Waals surface area contributed by atoms with E-state index in [9.17, 15) is 14.7 Å². The Labute approximate surface area is 190 Å². The fourth-order valence-corrected chi connectivity index (χ4v) is 5.75. The molecule has 0 aliphatic carbocycles. The van der Waals surface area contributed by atoms with Crippen LogP contribution in [-0.2, 0) is 23.1 Å². The average Bonchev–Trinajstić information content (AvgIpc) is 3.16. The number of thiocarbonyl (C=S) groups is 1. The molecule has 0 radical (unpaired) electrons. The number of carbonyl (C=O) groups is 2. The van der Waals surface area contributed by atoms with E-state index < -0.39 is 12.0 Å². The highest BCUT2D eigenvalue weighted by molar-refractivity contribution is 8.01. The van der Waals surface area contributed by atoms with E-state index in [4.69, 9.17) is 18.0 Å². The van der Waals surface area contributed by atoms with Gasteiger partial charge in [-0.3, -0.25) is 9.69 Å². The van der Waals surface area contributed by atoms with Crippen LogP contribution in [0.15, 0.2) is 28.6 Å². The van der Waals surface area contributed by atoms with Crippen molar-refractivity contribution in [3.63, 3.8) is 0 Å². The van der Waals surface area contributed by atoms with Crippen LogP contribution in [0, 0.1) is 0 Å². The number of nitrogens with two attached hydrogens (primary N) is 1. The number of aryl methyl sites for hydroxylation is 1. The second-order valence-corrected chi connectivity index (χ2v) is 9.25. The first-order valence-corrected chi connectivity index (χ1v) is 11.4. The third-order valence-electron chi connectivity index (χ3n) is 4.61. The molecule has 0 saturated carbocycles. The number of carboxylic acids is 1. The Morgan fingerprint density at radius 3 is 2.87 bits per heavy atom. The summed E-state index contributed by atoms with van der Waals surface area (Å²) in [6.07, 6.45) is 0.305. The van der Waals surface area contributed by atoms with Crippen LogP contribution < -0.4 is 11.1 Å². The molecule has 4 rings (SSSR count). The number of carbonyl (C=O) groups excluding carboxylic acids is 1. The molecule has 4 heterocycles. The lowest BCUT2D eigenvalue weighted by Crippen LogP contribution is -2.70. The molecule has 0 aromatic carbocycles. The molecule has 1 unspecified atom stereocenters. The summed E-state index contributed by atoms with van der Waals surface area (Å²) >= 11 is 8.16. The van der Waals surface area contributed by atoms with Gasteiger partial charge in [-0.25, -0.2) is 9.48 Å². The van der Waals surface area contributed by atoms with Gasteiger partial charge in [0.1, 0.15) is 22.9 Å². The fraction of sp³-hybridized carbons (Fsp3) is 0.375. The number of nitrogens with one attached hydrogen (secondary N) is 1. The molecule has 2 aromatic rings. The molecule has 1 amide bonds. The monoisotopic (exact) mass is 479 g/mol. The van der Waals surface area contributed by atoms with E-state index >= 15 is 0 Å². The van der Waals surface area contributed by atoms with Gasteiger partial charge in [0, 0.05) is 25.0 Å². The van der Waals surface area contributed by atoms with Crippen LogP contribution >= 0.6 is 35.7 Å². The van der Waals surface area contributed by atoms with E-state index in [1.807, 2.05) is 0 Å². The standard InChI is InChI=1S/C16H17N9O3S3/c1-24-16(21-22-23-24)31-6-7-5-30-14-11(13(26)25(14)12(7)15(27)28)18-10(29)4-8-2-3-9(17)20-19-8/h2-3,11,14H,4-6H2,1H3,(H2,17,20)(H,18,29)(H,27,28)/t11?,14-/m1/s1. The van der Waals surface area contributed by atoms with Gasteiger partial charge in [-0.05, 0) is 28.1 Å². The number of thioether (sulfide) groups is 2. The Morgan fingerprint density at radius 1 is 1.42 bits per heavy atom. The van der Waals surface area contributed by atoms with E-state index in [-0.39, 0.29) is 17.0 Å². The van der Waals surface area contributed by atoms with Gasteiger partial charge in [-0.2, -0.15) is 5.10 Å². The number of hydrogen-bond acceptors (Lipinski definition) is 11. The van der Waals surface area contributed by atoms with Crippen molar-refractivity contribution in [3.8, 4) is 0 Å². The van der Waals surface area contributed by atoms with Gasteiger partial charge in [0.15, 0.2) is 0 Å². The minimum absolute atomic E-state index is 0.0183. The Kier molecular flexibility index (Phi) is 6.06. The van der Waals surface area contributed by atoms with Crippen molar-refractivity contribution >= 4 is 58.4 Å². The maximum atomic E-state index is 12.8. The molecule has 31 heavy (non-hydrogen) atoms. The molecule has 2 aliphatic heterocycles. The van der Waals surface area contributed by atoms with Gasteiger partial charge in [-0.1, -0.05) is 24.0 Å². The van der Waals surface area contributed by atoms with Crippen LogP contribution in [0.3, 0.4) is 0 Å². The van der Waals surface area contributed by atoms with Crippen LogP contribution in [0.25, 0.3) is 0 Å². The predicted molar refractivity (Wildman–Crippen MR) is 117 cm³/mol. The zero-order valence-electron chi connectivity index (χ0n) is 16.1. The number of amides is 1. The Morgan fingerprint density at radius 2 is 2.23 bits per heavy atom. The zero-order chi connectivity index (χ0) is 22.1. The molecule has 162 valence electrons. The number of aliphatic carboxylic acids is 1. The van der Waals surface area contributed by atoms with Crippen molar-refractivity contribution in [2.45, 2.75) is 23.0 Å². The number of nitrogens with zero attached hydrogens (tertiary/aromatic N) is 7. The van der Waals surface area contributed by atoms with Crippen molar-refractivity contribution in [2.24, 2.45) is 7.05 Å². The number of rotatable bonds is 7. The van der Waals surface area contributed by atoms with E-state index in [2.05, 4.69) is 31.0 Å². The minimum atomic E-state index is -1.14. The third kappa shape index (κ3) is 4.33. The molecular formula is C16H17N9O3S3. The number of carboxylic acid groups (broad SMARTS) is 1. The van der Waals surface area contributed by atoms with Crippen molar-refractivity contribution in [2.75, 3.05) is 17.2 Å². The van der Waals surface area contributed by atoms with Crippen LogP contribution in [0.2, 0.25) is 0 Å². The summed E-state index contributed by atoms with van der Waals surface area (Å²) in [6.45, 7) is 0. The maximum absolute atomic E-state index is 12.8. The van der Waals surface area contributed by atoms with Gasteiger partial charge >= 0.3 is 5.97 Å². The predicted octanol–water partition coefficient (Wildman–Crippen LogP) is -0.543. The highest BCUT2D eigenvalue weighted by Gasteiger charge is 2.53. The van der Waals surface area contributed by atoms with Crippen LogP contribution in [0.5, 0.6) is 0 Å². The van der Waals surface area contributed by atoms with Crippen LogP contribution in [-0.4, -0.2) is 80.2 Å².